The van der Waals surface area contributed by atoms with E-state index in [1.54, 1.807) is 0 Å². The molecule has 102 valence electrons. The van der Waals surface area contributed by atoms with Gasteiger partial charge in [-0.15, -0.1) is 0 Å². The van der Waals surface area contributed by atoms with Gasteiger partial charge in [-0.05, 0) is 24.6 Å². The number of rotatable bonds is 1. The van der Waals surface area contributed by atoms with Crippen LogP contribution in [0.25, 0.3) is 10.9 Å². The van der Waals surface area contributed by atoms with E-state index in [4.69, 9.17) is 0 Å². The highest BCUT2D eigenvalue weighted by Crippen LogP contribution is 2.25. The van der Waals surface area contributed by atoms with E-state index < -0.39 is 0 Å². The summed E-state index contributed by atoms with van der Waals surface area (Å²) < 4.78 is 1.86. The molecule has 1 heterocycles. The van der Waals surface area contributed by atoms with Crippen molar-refractivity contribution in [2.45, 2.75) is 34.6 Å². The predicted octanol–water partition coefficient (Wildman–Crippen LogP) is 4.00. The fourth-order valence-corrected chi connectivity index (χ4v) is 1.72. The summed E-state index contributed by atoms with van der Waals surface area (Å²) >= 11 is 0. The highest BCUT2D eigenvalue weighted by Gasteiger charge is 2.07. The van der Waals surface area contributed by atoms with Gasteiger partial charge >= 0.3 is 0 Å². The minimum Gasteiger partial charge on any atom is -0.376 e. The minimum absolute atomic E-state index is 1.07. The SMILES string of the molecule is CC.CC.Cc1cc(N(C)C)c2nn(C)cc2c1. The van der Waals surface area contributed by atoms with Gasteiger partial charge in [0.15, 0.2) is 0 Å². The first-order chi connectivity index (χ1) is 8.58. The standard InChI is InChI=1S/C11H15N3.2C2H6/c1-8-5-9-7-14(4)12-11(9)10(6-8)13(2)3;2*1-2/h5-7H,1-4H3;2*1-2H3. The Kier molecular flexibility index (Phi) is 7.10. The Hall–Kier alpha value is -1.51. The van der Waals surface area contributed by atoms with Gasteiger partial charge in [-0.1, -0.05) is 27.7 Å². The summed E-state index contributed by atoms with van der Waals surface area (Å²) in [4.78, 5) is 2.10. The van der Waals surface area contributed by atoms with E-state index in [1.165, 1.54) is 16.6 Å². The van der Waals surface area contributed by atoms with Crippen LogP contribution in [-0.2, 0) is 7.05 Å². The number of aromatic nitrogens is 2. The summed E-state index contributed by atoms with van der Waals surface area (Å²) in [6, 6.07) is 4.32. The maximum Gasteiger partial charge on any atom is 0.116 e. The quantitative estimate of drug-likeness (QED) is 0.761. The molecule has 0 atom stereocenters. The molecule has 2 rings (SSSR count). The van der Waals surface area contributed by atoms with Crippen LogP contribution in [-0.4, -0.2) is 23.9 Å². The first-order valence-corrected chi connectivity index (χ1v) is 6.69. The topological polar surface area (TPSA) is 21.1 Å². The van der Waals surface area contributed by atoms with Crippen LogP contribution in [0.1, 0.15) is 33.3 Å². The molecule has 1 aromatic carbocycles. The summed E-state index contributed by atoms with van der Waals surface area (Å²) in [5.74, 6) is 0. The molecule has 0 aliphatic carbocycles. The van der Waals surface area contributed by atoms with E-state index in [-0.39, 0.29) is 0 Å². The second-order valence-corrected chi connectivity index (χ2v) is 3.92. The van der Waals surface area contributed by atoms with Crippen LogP contribution in [0.3, 0.4) is 0 Å². The van der Waals surface area contributed by atoms with Crippen LogP contribution in [0.15, 0.2) is 18.3 Å². The van der Waals surface area contributed by atoms with Crippen molar-refractivity contribution >= 4 is 16.6 Å². The van der Waals surface area contributed by atoms with Crippen molar-refractivity contribution < 1.29 is 0 Å². The van der Waals surface area contributed by atoms with Crippen LogP contribution in [0, 0.1) is 6.92 Å². The average Bonchev–Trinajstić information content (AvgIpc) is 2.73. The van der Waals surface area contributed by atoms with Crippen molar-refractivity contribution in [3.63, 3.8) is 0 Å². The van der Waals surface area contributed by atoms with Crippen LogP contribution in [0.5, 0.6) is 0 Å². The van der Waals surface area contributed by atoms with E-state index >= 15 is 0 Å². The fraction of sp³-hybridized carbons (Fsp3) is 0.533. The Bertz CT molecular complexity index is 470. The first kappa shape index (κ1) is 16.5. The van der Waals surface area contributed by atoms with E-state index in [2.05, 4.69) is 35.3 Å². The average molecular weight is 249 g/mol. The van der Waals surface area contributed by atoms with E-state index in [0.29, 0.717) is 0 Å². The van der Waals surface area contributed by atoms with Gasteiger partial charge in [0.2, 0.25) is 0 Å². The molecule has 18 heavy (non-hydrogen) atoms. The van der Waals surface area contributed by atoms with Crippen molar-refractivity contribution in [2.75, 3.05) is 19.0 Å². The molecule has 1 aromatic heterocycles. The Labute approximate surface area is 111 Å². The number of aryl methyl sites for hydroxylation is 2. The van der Waals surface area contributed by atoms with Gasteiger partial charge < -0.3 is 4.90 Å². The Morgan fingerprint density at radius 1 is 1.06 bits per heavy atom. The van der Waals surface area contributed by atoms with Gasteiger partial charge in [-0.25, -0.2) is 0 Å². The van der Waals surface area contributed by atoms with Crippen molar-refractivity contribution in [3.8, 4) is 0 Å². The van der Waals surface area contributed by atoms with Crippen molar-refractivity contribution in [3.05, 3.63) is 23.9 Å². The molecule has 0 unspecified atom stereocenters. The molecule has 0 saturated heterocycles. The molecule has 0 aliphatic heterocycles. The summed E-state index contributed by atoms with van der Waals surface area (Å²) in [6.07, 6.45) is 2.05. The molecule has 0 radical (unpaired) electrons. The zero-order valence-corrected chi connectivity index (χ0v) is 13.1. The fourth-order valence-electron chi connectivity index (χ4n) is 1.72. The maximum absolute atomic E-state index is 4.45. The summed E-state index contributed by atoms with van der Waals surface area (Å²) in [7, 11) is 6.04. The van der Waals surface area contributed by atoms with Gasteiger partial charge in [0.25, 0.3) is 0 Å². The second kappa shape index (κ2) is 7.75. The lowest BCUT2D eigenvalue weighted by atomic mass is 10.1. The molecule has 0 fully saturated rings. The van der Waals surface area contributed by atoms with Crippen LogP contribution in [0.4, 0.5) is 5.69 Å². The molecule has 0 N–H and O–H groups in total. The number of hydrogen-bond donors (Lipinski definition) is 0. The third-order valence-corrected chi connectivity index (χ3v) is 2.33. The molecule has 3 heteroatoms. The molecule has 3 nitrogen and oxygen atoms in total. The first-order valence-electron chi connectivity index (χ1n) is 6.69. The molecular formula is C15H27N3. The lowest BCUT2D eigenvalue weighted by Gasteiger charge is -2.13. The lowest BCUT2D eigenvalue weighted by Crippen LogP contribution is -2.09. The zero-order chi connectivity index (χ0) is 14.3. The predicted molar refractivity (Wildman–Crippen MR) is 82.5 cm³/mol. The van der Waals surface area contributed by atoms with Gasteiger partial charge in [0, 0.05) is 32.7 Å². The zero-order valence-electron chi connectivity index (χ0n) is 13.1. The molecule has 2 aromatic rings. The molecule has 0 bridgehead atoms. The Morgan fingerprint density at radius 2 is 1.61 bits per heavy atom. The van der Waals surface area contributed by atoms with Crippen molar-refractivity contribution in [2.24, 2.45) is 7.05 Å². The Morgan fingerprint density at radius 3 is 2.11 bits per heavy atom. The Balaban J connectivity index is 0.000000659. The monoisotopic (exact) mass is 249 g/mol. The molecule has 0 spiro atoms. The van der Waals surface area contributed by atoms with Crippen LogP contribution >= 0.6 is 0 Å². The maximum atomic E-state index is 4.45. The lowest BCUT2D eigenvalue weighted by molar-refractivity contribution is 0.779. The van der Waals surface area contributed by atoms with Crippen molar-refractivity contribution in [1.82, 2.24) is 9.78 Å². The largest absolute Gasteiger partial charge is 0.376 e. The number of benzene rings is 1. The van der Waals surface area contributed by atoms with Gasteiger partial charge in [0.05, 0.1) is 5.69 Å². The normalized spacial score (nSPS) is 9.11. The number of nitrogens with zero attached hydrogens (tertiary/aromatic N) is 3. The highest BCUT2D eigenvalue weighted by atomic mass is 15.3. The van der Waals surface area contributed by atoms with Gasteiger partial charge in [-0.3, -0.25) is 4.68 Å². The van der Waals surface area contributed by atoms with E-state index in [9.17, 15) is 0 Å². The molecule has 0 amide bonds. The van der Waals surface area contributed by atoms with Crippen molar-refractivity contribution in [1.29, 1.82) is 0 Å². The van der Waals surface area contributed by atoms with E-state index in [0.717, 1.165) is 5.52 Å². The third-order valence-electron chi connectivity index (χ3n) is 2.33. The highest BCUT2D eigenvalue weighted by molar-refractivity contribution is 5.91. The second-order valence-electron chi connectivity index (χ2n) is 3.92. The molecule has 0 saturated carbocycles. The molecule has 0 aliphatic rings. The summed E-state index contributed by atoms with van der Waals surface area (Å²) in [5.41, 5.74) is 3.53. The smallest absolute Gasteiger partial charge is 0.116 e. The van der Waals surface area contributed by atoms with Gasteiger partial charge in [0.1, 0.15) is 5.52 Å². The van der Waals surface area contributed by atoms with Crippen LogP contribution < -0.4 is 4.90 Å². The van der Waals surface area contributed by atoms with Crippen LogP contribution in [0.2, 0.25) is 0 Å². The molecular weight excluding hydrogens is 222 g/mol. The minimum atomic E-state index is 1.07. The number of hydrogen-bond acceptors (Lipinski definition) is 2. The third kappa shape index (κ3) is 3.76. The number of anilines is 1. The number of fused-ring (bicyclic) bond motifs is 1. The van der Waals surface area contributed by atoms with E-state index in [1.807, 2.05) is 53.5 Å². The summed E-state index contributed by atoms with van der Waals surface area (Å²) in [6.45, 7) is 10.1. The summed E-state index contributed by atoms with van der Waals surface area (Å²) in [5, 5.41) is 5.66. The van der Waals surface area contributed by atoms with Gasteiger partial charge in [-0.2, -0.15) is 5.10 Å².